The van der Waals surface area contributed by atoms with E-state index in [9.17, 15) is 4.79 Å². The lowest BCUT2D eigenvalue weighted by molar-refractivity contribution is 0.0685. The first-order chi connectivity index (χ1) is 12.5. The summed E-state index contributed by atoms with van der Waals surface area (Å²) in [5.74, 6) is 0.714. The van der Waals surface area contributed by atoms with Crippen molar-refractivity contribution in [1.82, 2.24) is 9.88 Å². The summed E-state index contributed by atoms with van der Waals surface area (Å²) in [4.78, 5) is 21.4. The highest BCUT2D eigenvalue weighted by Crippen LogP contribution is 2.30. The van der Waals surface area contributed by atoms with E-state index in [2.05, 4.69) is 44.4 Å². The number of hydrogen-bond acceptors (Lipinski definition) is 3. The second-order valence-corrected chi connectivity index (χ2v) is 8.43. The third kappa shape index (κ3) is 3.14. The Morgan fingerprint density at radius 1 is 1.23 bits per heavy atom. The van der Waals surface area contributed by atoms with E-state index in [-0.39, 0.29) is 5.91 Å². The molecule has 3 nitrogen and oxygen atoms in total. The smallest absolute Gasteiger partial charge is 0.254 e. The van der Waals surface area contributed by atoms with Gasteiger partial charge in [0.05, 0.1) is 21.7 Å². The highest BCUT2D eigenvalue weighted by Gasteiger charge is 2.24. The second-order valence-electron chi connectivity index (χ2n) is 7.48. The van der Waals surface area contributed by atoms with Crippen molar-refractivity contribution < 1.29 is 4.79 Å². The molecular weight excluding hydrogens is 340 g/mol. The number of rotatable bonds is 2. The van der Waals surface area contributed by atoms with Crippen LogP contribution in [0.3, 0.4) is 0 Å². The fraction of sp³-hybridized carbons (Fsp3) is 0.364. The summed E-state index contributed by atoms with van der Waals surface area (Å²) in [6, 6.07) is 10.3. The summed E-state index contributed by atoms with van der Waals surface area (Å²) in [5, 5.41) is 3.02. The molecule has 0 saturated carbocycles. The number of amides is 1. The number of carbonyl (C=O) groups excluding carboxylic acids is 1. The van der Waals surface area contributed by atoms with Crippen molar-refractivity contribution in [1.29, 1.82) is 0 Å². The third-order valence-electron chi connectivity index (χ3n) is 5.37. The van der Waals surface area contributed by atoms with Crippen molar-refractivity contribution in [3.05, 3.63) is 52.4 Å². The standard InChI is InChI=1S/C22H24N2OS/c1-14-6-4-8-24(13-14)22(25)18-12-20(21-7-5-9-26-21)23-19-11-16(3)15(2)10-17(18)19/h5,7,9-12,14H,4,6,8,13H2,1-3H3. The van der Waals surface area contributed by atoms with Gasteiger partial charge >= 0.3 is 0 Å². The van der Waals surface area contributed by atoms with Crippen LogP contribution in [-0.2, 0) is 0 Å². The number of fused-ring (bicyclic) bond motifs is 1. The van der Waals surface area contributed by atoms with E-state index < -0.39 is 0 Å². The van der Waals surface area contributed by atoms with Gasteiger partial charge in [-0.1, -0.05) is 13.0 Å². The number of aromatic nitrogens is 1. The molecule has 3 aromatic rings. The van der Waals surface area contributed by atoms with Crippen molar-refractivity contribution in [2.45, 2.75) is 33.6 Å². The Bertz CT molecular complexity index is 962. The zero-order valence-electron chi connectivity index (χ0n) is 15.6. The molecular formula is C22H24N2OS. The third-order valence-corrected chi connectivity index (χ3v) is 6.26. The first kappa shape index (κ1) is 17.2. The fourth-order valence-corrected chi connectivity index (χ4v) is 4.44. The van der Waals surface area contributed by atoms with E-state index in [0.29, 0.717) is 5.92 Å². The molecule has 134 valence electrons. The van der Waals surface area contributed by atoms with E-state index in [1.165, 1.54) is 17.5 Å². The van der Waals surface area contributed by atoms with Crippen molar-refractivity contribution in [2.75, 3.05) is 13.1 Å². The van der Waals surface area contributed by atoms with Crippen LogP contribution < -0.4 is 0 Å². The Hall–Kier alpha value is -2.20. The lowest BCUT2D eigenvalue weighted by Gasteiger charge is -2.31. The number of benzene rings is 1. The number of hydrogen-bond donors (Lipinski definition) is 0. The van der Waals surface area contributed by atoms with Gasteiger partial charge in [-0.05, 0) is 73.4 Å². The predicted molar refractivity (Wildman–Crippen MR) is 109 cm³/mol. The molecule has 1 amide bonds. The van der Waals surface area contributed by atoms with Crippen molar-refractivity contribution in [2.24, 2.45) is 5.92 Å². The van der Waals surface area contributed by atoms with Crippen molar-refractivity contribution in [3.8, 4) is 10.6 Å². The normalized spacial score (nSPS) is 17.7. The maximum Gasteiger partial charge on any atom is 0.254 e. The topological polar surface area (TPSA) is 33.2 Å². The van der Waals surface area contributed by atoms with Gasteiger partial charge in [0.25, 0.3) is 5.91 Å². The molecule has 0 N–H and O–H groups in total. The molecule has 2 aromatic heterocycles. The van der Waals surface area contributed by atoms with Crippen LogP contribution in [0.25, 0.3) is 21.5 Å². The molecule has 0 aliphatic carbocycles. The van der Waals surface area contributed by atoms with E-state index in [0.717, 1.165) is 46.5 Å². The Labute approximate surface area is 158 Å². The molecule has 1 aliphatic rings. The Balaban J connectivity index is 1.88. The largest absolute Gasteiger partial charge is 0.338 e. The molecule has 3 heterocycles. The van der Waals surface area contributed by atoms with Gasteiger partial charge in [0.15, 0.2) is 0 Å². The number of piperidine rings is 1. The fourth-order valence-electron chi connectivity index (χ4n) is 3.76. The maximum absolute atomic E-state index is 13.4. The molecule has 1 unspecified atom stereocenters. The van der Waals surface area contributed by atoms with Crippen LogP contribution >= 0.6 is 11.3 Å². The van der Waals surface area contributed by atoms with Crippen LogP contribution in [0.5, 0.6) is 0 Å². The second kappa shape index (κ2) is 6.84. The lowest BCUT2D eigenvalue weighted by atomic mass is 9.97. The summed E-state index contributed by atoms with van der Waals surface area (Å²) < 4.78 is 0. The number of likely N-dealkylation sites (tertiary alicyclic amines) is 1. The first-order valence-corrected chi connectivity index (χ1v) is 10.2. The quantitative estimate of drug-likeness (QED) is 0.605. The molecule has 0 bridgehead atoms. The monoisotopic (exact) mass is 364 g/mol. The minimum atomic E-state index is 0.144. The molecule has 0 radical (unpaired) electrons. The van der Waals surface area contributed by atoms with Crippen LogP contribution in [0.2, 0.25) is 0 Å². The molecule has 1 fully saturated rings. The van der Waals surface area contributed by atoms with Gasteiger partial charge < -0.3 is 4.90 Å². The van der Waals surface area contributed by atoms with Crippen molar-refractivity contribution in [3.63, 3.8) is 0 Å². The first-order valence-electron chi connectivity index (χ1n) is 9.28. The number of nitrogens with zero attached hydrogens (tertiary/aromatic N) is 2. The summed E-state index contributed by atoms with van der Waals surface area (Å²) >= 11 is 1.66. The Morgan fingerprint density at radius 3 is 2.77 bits per heavy atom. The highest BCUT2D eigenvalue weighted by molar-refractivity contribution is 7.13. The molecule has 1 aromatic carbocycles. The average molecular weight is 365 g/mol. The van der Waals surface area contributed by atoms with Crippen LogP contribution in [-0.4, -0.2) is 28.9 Å². The molecule has 4 rings (SSSR count). The molecule has 1 atom stereocenters. The van der Waals surface area contributed by atoms with E-state index in [1.807, 2.05) is 17.0 Å². The minimum Gasteiger partial charge on any atom is -0.338 e. The number of thiophene rings is 1. The molecule has 4 heteroatoms. The van der Waals surface area contributed by atoms with Crippen LogP contribution in [0.15, 0.2) is 35.7 Å². The zero-order valence-corrected chi connectivity index (χ0v) is 16.4. The zero-order chi connectivity index (χ0) is 18.3. The lowest BCUT2D eigenvalue weighted by Crippen LogP contribution is -2.39. The number of aryl methyl sites for hydroxylation is 2. The molecule has 1 aliphatic heterocycles. The molecule has 26 heavy (non-hydrogen) atoms. The summed E-state index contributed by atoms with van der Waals surface area (Å²) in [7, 11) is 0. The molecule has 1 saturated heterocycles. The van der Waals surface area contributed by atoms with Crippen LogP contribution in [0.1, 0.15) is 41.3 Å². The van der Waals surface area contributed by atoms with Gasteiger partial charge in [-0.25, -0.2) is 4.98 Å². The highest BCUT2D eigenvalue weighted by atomic mass is 32.1. The van der Waals surface area contributed by atoms with Gasteiger partial charge in [0.2, 0.25) is 0 Å². The van der Waals surface area contributed by atoms with Gasteiger partial charge in [0.1, 0.15) is 0 Å². The SMILES string of the molecule is Cc1cc2nc(-c3cccs3)cc(C(=O)N3CCCC(C)C3)c2cc1C. The number of carbonyl (C=O) groups is 1. The Kier molecular flexibility index (Phi) is 4.53. The summed E-state index contributed by atoms with van der Waals surface area (Å²) in [6.45, 7) is 8.13. The maximum atomic E-state index is 13.4. The van der Waals surface area contributed by atoms with Gasteiger partial charge in [-0.15, -0.1) is 11.3 Å². The van der Waals surface area contributed by atoms with E-state index >= 15 is 0 Å². The minimum absolute atomic E-state index is 0.144. The average Bonchev–Trinajstić information content (AvgIpc) is 3.16. The Morgan fingerprint density at radius 2 is 2.04 bits per heavy atom. The van der Waals surface area contributed by atoms with Crippen LogP contribution in [0.4, 0.5) is 0 Å². The molecule has 0 spiro atoms. The van der Waals surface area contributed by atoms with Gasteiger partial charge in [-0.2, -0.15) is 0 Å². The van der Waals surface area contributed by atoms with Crippen LogP contribution in [0, 0.1) is 19.8 Å². The van der Waals surface area contributed by atoms with E-state index in [4.69, 9.17) is 4.98 Å². The number of pyridine rings is 1. The van der Waals surface area contributed by atoms with Crippen molar-refractivity contribution >= 4 is 28.1 Å². The predicted octanol–water partition coefficient (Wildman–Crippen LogP) is 5.45. The summed E-state index contributed by atoms with van der Waals surface area (Å²) in [6.07, 6.45) is 2.30. The summed E-state index contributed by atoms with van der Waals surface area (Å²) in [5.41, 5.74) is 5.00. The van der Waals surface area contributed by atoms with Gasteiger partial charge in [0, 0.05) is 18.5 Å². The van der Waals surface area contributed by atoms with Gasteiger partial charge in [-0.3, -0.25) is 4.79 Å². The van der Waals surface area contributed by atoms with E-state index in [1.54, 1.807) is 11.3 Å².